The first-order valence-electron chi connectivity index (χ1n) is 7.66. The van der Waals surface area contributed by atoms with E-state index >= 15 is 0 Å². The lowest BCUT2D eigenvalue weighted by atomic mass is 9.87. The molecule has 1 fully saturated rings. The molecule has 0 unspecified atom stereocenters. The van der Waals surface area contributed by atoms with Crippen molar-refractivity contribution in [1.29, 1.82) is 0 Å². The topological polar surface area (TPSA) is 55.8 Å². The number of aliphatic hydroxyl groups excluding tert-OH is 1. The number of nitrogens with one attached hydrogen (secondary N) is 1. The van der Waals surface area contributed by atoms with Gasteiger partial charge in [0, 0.05) is 46.4 Å². The third-order valence-electron chi connectivity index (χ3n) is 4.03. The summed E-state index contributed by atoms with van der Waals surface area (Å²) >= 11 is 0. The van der Waals surface area contributed by atoms with Crippen LogP contribution in [-0.2, 0) is 0 Å². The van der Waals surface area contributed by atoms with E-state index in [-0.39, 0.29) is 18.1 Å². The average molecular weight is 285 g/mol. The van der Waals surface area contributed by atoms with Crippen molar-refractivity contribution in [3.8, 4) is 0 Å². The van der Waals surface area contributed by atoms with Gasteiger partial charge in [-0.25, -0.2) is 4.79 Å². The smallest absolute Gasteiger partial charge is 0.319 e. The van der Waals surface area contributed by atoms with Gasteiger partial charge in [0.2, 0.25) is 0 Å². The summed E-state index contributed by atoms with van der Waals surface area (Å²) in [7, 11) is 3.60. The number of amides is 2. The van der Waals surface area contributed by atoms with Gasteiger partial charge in [0.25, 0.3) is 0 Å². The molecule has 2 N–H and O–H groups in total. The summed E-state index contributed by atoms with van der Waals surface area (Å²) in [4.78, 5) is 15.4. The van der Waals surface area contributed by atoms with Crippen molar-refractivity contribution < 1.29 is 9.90 Å². The Morgan fingerprint density at radius 3 is 2.45 bits per heavy atom. The molecule has 5 heteroatoms. The third kappa shape index (κ3) is 5.67. The van der Waals surface area contributed by atoms with Gasteiger partial charge >= 0.3 is 6.03 Å². The summed E-state index contributed by atoms with van der Waals surface area (Å²) in [6, 6.07) is 0.626. The quantitative estimate of drug-likeness (QED) is 0.778. The van der Waals surface area contributed by atoms with E-state index in [4.69, 9.17) is 5.11 Å². The molecule has 1 aliphatic rings. The molecule has 0 saturated carbocycles. The van der Waals surface area contributed by atoms with Crippen LogP contribution in [0.4, 0.5) is 4.79 Å². The predicted molar refractivity (Wildman–Crippen MR) is 81.8 cm³/mol. The van der Waals surface area contributed by atoms with Gasteiger partial charge in [-0.2, -0.15) is 0 Å². The molecule has 1 heterocycles. The Kier molecular flexibility index (Phi) is 6.76. The summed E-state index contributed by atoms with van der Waals surface area (Å²) < 4.78 is 0. The molecule has 1 saturated heterocycles. The maximum atomic E-state index is 11.8. The fourth-order valence-corrected chi connectivity index (χ4v) is 2.62. The summed E-state index contributed by atoms with van der Waals surface area (Å²) in [5.74, 6) is 0. The predicted octanol–water partition coefficient (Wildman–Crippen LogP) is 1.52. The Bertz CT molecular complexity index is 297. The maximum absolute atomic E-state index is 11.8. The molecule has 0 radical (unpaired) electrons. The van der Waals surface area contributed by atoms with E-state index in [1.807, 2.05) is 4.90 Å². The molecule has 0 aromatic carbocycles. The van der Waals surface area contributed by atoms with Crippen LogP contribution in [0.3, 0.4) is 0 Å². The van der Waals surface area contributed by atoms with Crippen LogP contribution in [0.1, 0.15) is 39.5 Å². The number of urea groups is 1. The summed E-state index contributed by atoms with van der Waals surface area (Å²) in [5.41, 5.74) is 0.222. The van der Waals surface area contributed by atoms with E-state index in [2.05, 4.69) is 19.2 Å². The largest absolute Gasteiger partial charge is 0.396 e. The van der Waals surface area contributed by atoms with Crippen LogP contribution in [0.15, 0.2) is 0 Å². The van der Waals surface area contributed by atoms with Crippen LogP contribution in [0.25, 0.3) is 0 Å². The van der Waals surface area contributed by atoms with Crippen LogP contribution in [-0.4, -0.2) is 67.3 Å². The van der Waals surface area contributed by atoms with Crippen LogP contribution in [0.2, 0.25) is 0 Å². The Morgan fingerprint density at radius 2 is 1.95 bits per heavy atom. The highest BCUT2D eigenvalue weighted by Crippen LogP contribution is 2.22. The van der Waals surface area contributed by atoms with Crippen LogP contribution in [0.5, 0.6) is 0 Å². The number of aliphatic hydroxyl groups is 1. The lowest BCUT2D eigenvalue weighted by molar-refractivity contribution is 0.149. The van der Waals surface area contributed by atoms with Gasteiger partial charge in [-0.1, -0.05) is 13.8 Å². The van der Waals surface area contributed by atoms with Crippen molar-refractivity contribution in [3.63, 3.8) is 0 Å². The minimum atomic E-state index is 0.117. The van der Waals surface area contributed by atoms with Gasteiger partial charge in [0.1, 0.15) is 0 Å². The highest BCUT2D eigenvalue weighted by Gasteiger charge is 2.25. The van der Waals surface area contributed by atoms with Crippen molar-refractivity contribution in [2.24, 2.45) is 5.41 Å². The summed E-state index contributed by atoms with van der Waals surface area (Å²) in [6.07, 6.45) is 3.95. The van der Waals surface area contributed by atoms with E-state index in [1.165, 1.54) is 0 Å². The summed E-state index contributed by atoms with van der Waals surface area (Å²) in [6.45, 7) is 7.39. The van der Waals surface area contributed by atoms with Crippen molar-refractivity contribution in [3.05, 3.63) is 0 Å². The molecule has 1 rings (SSSR count). The molecule has 0 aromatic heterocycles. The maximum Gasteiger partial charge on any atom is 0.319 e. The molecular formula is C15H31N3O2. The number of rotatable bonds is 6. The van der Waals surface area contributed by atoms with Crippen molar-refractivity contribution in [2.45, 2.75) is 45.6 Å². The van der Waals surface area contributed by atoms with Crippen molar-refractivity contribution >= 4 is 6.03 Å². The van der Waals surface area contributed by atoms with E-state index in [1.54, 1.807) is 19.0 Å². The number of carbonyl (C=O) groups is 1. The first-order valence-corrected chi connectivity index (χ1v) is 7.66. The van der Waals surface area contributed by atoms with Gasteiger partial charge in [-0.3, -0.25) is 0 Å². The zero-order valence-electron chi connectivity index (χ0n) is 13.5. The van der Waals surface area contributed by atoms with E-state index in [0.29, 0.717) is 6.04 Å². The number of hydrogen-bond donors (Lipinski definition) is 2. The Hall–Kier alpha value is -0.810. The molecule has 5 nitrogen and oxygen atoms in total. The molecule has 1 aliphatic heterocycles. The fourth-order valence-electron chi connectivity index (χ4n) is 2.62. The minimum absolute atomic E-state index is 0.117. The minimum Gasteiger partial charge on any atom is -0.396 e. The zero-order valence-corrected chi connectivity index (χ0v) is 13.5. The van der Waals surface area contributed by atoms with Gasteiger partial charge in [0.05, 0.1) is 0 Å². The molecule has 0 aromatic rings. The third-order valence-corrected chi connectivity index (χ3v) is 4.03. The number of likely N-dealkylation sites (tertiary alicyclic amines) is 1. The van der Waals surface area contributed by atoms with E-state index in [9.17, 15) is 4.79 Å². The Balaban J connectivity index is 2.27. The second-order valence-electron chi connectivity index (χ2n) is 6.81. The standard InChI is InChI=1S/C15H31N3O2/c1-15(2,8-5-11-19)12-16-13-6-9-18(10-7-13)14(20)17(3)4/h13,16,19H,5-12H2,1-4H3. The molecule has 0 atom stereocenters. The first-order chi connectivity index (χ1) is 9.35. The van der Waals surface area contributed by atoms with Gasteiger partial charge in [0.15, 0.2) is 0 Å². The lowest BCUT2D eigenvalue weighted by Gasteiger charge is -2.35. The monoisotopic (exact) mass is 285 g/mol. The highest BCUT2D eigenvalue weighted by atomic mass is 16.3. The van der Waals surface area contributed by atoms with Gasteiger partial charge in [-0.15, -0.1) is 0 Å². The Labute approximate surface area is 123 Å². The second-order valence-corrected chi connectivity index (χ2v) is 6.81. The van der Waals surface area contributed by atoms with E-state index in [0.717, 1.165) is 45.3 Å². The molecule has 20 heavy (non-hydrogen) atoms. The second kappa shape index (κ2) is 7.84. The highest BCUT2D eigenvalue weighted by molar-refractivity contribution is 5.73. The molecule has 2 amide bonds. The molecule has 0 aliphatic carbocycles. The fraction of sp³-hybridized carbons (Fsp3) is 0.933. The van der Waals surface area contributed by atoms with Crippen molar-refractivity contribution in [1.82, 2.24) is 15.1 Å². The Morgan fingerprint density at radius 1 is 1.35 bits per heavy atom. The van der Waals surface area contributed by atoms with Gasteiger partial charge in [-0.05, 0) is 31.1 Å². The summed E-state index contributed by atoms with van der Waals surface area (Å²) in [5, 5.41) is 12.5. The van der Waals surface area contributed by atoms with Crippen molar-refractivity contribution in [2.75, 3.05) is 40.3 Å². The average Bonchev–Trinajstić information content (AvgIpc) is 2.43. The number of nitrogens with zero attached hydrogens (tertiary/aromatic N) is 2. The van der Waals surface area contributed by atoms with Crippen LogP contribution >= 0.6 is 0 Å². The van der Waals surface area contributed by atoms with Crippen LogP contribution in [0, 0.1) is 5.41 Å². The SMILES string of the molecule is CN(C)C(=O)N1CCC(NCC(C)(C)CCCO)CC1. The van der Waals surface area contributed by atoms with Gasteiger partial charge < -0.3 is 20.2 Å². The first kappa shape index (κ1) is 17.2. The molecule has 0 bridgehead atoms. The molecule has 0 spiro atoms. The number of hydrogen-bond acceptors (Lipinski definition) is 3. The van der Waals surface area contributed by atoms with E-state index < -0.39 is 0 Å². The number of carbonyl (C=O) groups excluding carboxylic acids is 1. The van der Waals surface area contributed by atoms with Crippen LogP contribution < -0.4 is 5.32 Å². The zero-order chi connectivity index (χ0) is 15.2. The lowest BCUT2D eigenvalue weighted by Crippen LogP contribution is -2.49. The number of piperidine rings is 1. The molecule has 118 valence electrons. The normalized spacial score (nSPS) is 17.4. The molecular weight excluding hydrogens is 254 g/mol.